The van der Waals surface area contributed by atoms with Crippen molar-refractivity contribution < 1.29 is 9.47 Å². The van der Waals surface area contributed by atoms with E-state index in [4.69, 9.17) is 9.47 Å². The van der Waals surface area contributed by atoms with E-state index in [9.17, 15) is 0 Å². The Morgan fingerprint density at radius 3 is 2.88 bits per heavy atom. The molecule has 2 unspecified atom stereocenters. The number of piperidine rings is 1. The molecule has 2 aliphatic rings. The Bertz CT molecular complexity index is 361. The molecule has 0 aromatic heterocycles. The van der Waals surface area contributed by atoms with Gasteiger partial charge in [-0.2, -0.15) is 0 Å². The first-order chi connectivity index (χ1) is 7.93. The van der Waals surface area contributed by atoms with Gasteiger partial charge in [-0.1, -0.05) is 12.1 Å². The molecule has 0 saturated carbocycles. The summed E-state index contributed by atoms with van der Waals surface area (Å²) in [5.74, 6) is 2.36. The fraction of sp³-hybridized carbons (Fsp3) is 0.538. The molecule has 1 aromatic carbocycles. The van der Waals surface area contributed by atoms with Gasteiger partial charge in [0.2, 0.25) is 0 Å². The van der Waals surface area contributed by atoms with Gasteiger partial charge in [0, 0.05) is 12.5 Å². The third kappa shape index (κ3) is 1.87. The van der Waals surface area contributed by atoms with Crippen LogP contribution in [0.5, 0.6) is 11.5 Å². The molecule has 3 heteroatoms. The molecule has 0 radical (unpaired) electrons. The largest absolute Gasteiger partial charge is 0.486 e. The van der Waals surface area contributed by atoms with E-state index in [0.29, 0.717) is 12.5 Å². The molecule has 3 rings (SSSR count). The summed E-state index contributed by atoms with van der Waals surface area (Å²) in [5.41, 5.74) is 0. The van der Waals surface area contributed by atoms with Gasteiger partial charge < -0.3 is 14.8 Å². The fourth-order valence-corrected chi connectivity index (χ4v) is 2.46. The number of hydrogen-bond acceptors (Lipinski definition) is 3. The maximum Gasteiger partial charge on any atom is 0.161 e. The Balaban J connectivity index is 1.72. The first kappa shape index (κ1) is 9.97. The van der Waals surface area contributed by atoms with E-state index in [1.54, 1.807) is 0 Å². The Kier molecular flexibility index (Phi) is 2.70. The molecular formula is C13H17NO2. The van der Waals surface area contributed by atoms with Gasteiger partial charge in [0.05, 0.1) is 0 Å². The van der Waals surface area contributed by atoms with Gasteiger partial charge in [0.15, 0.2) is 11.5 Å². The summed E-state index contributed by atoms with van der Waals surface area (Å²) in [7, 11) is 0. The third-order valence-electron chi connectivity index (χ3n) is 3.39. The molecule has 2 aliphatic heterocycles. The average molecular weight is 219 g/mol. The molecule has 2 heterocycles. The molecule has 1 saturated heterocycles. The van der Waals surface area contributed by atoms with Crippen molar-refractivity contribution in [3.63, 3.8) is 0 Å². The highest BCUT2D eigenvalue weighted by atomic mass is 16.6. The van der Waals surface area contributed by atoms with Gasteiger partial charge in [-0.3, -0.25) is 0 Å². The number of ether oxygens (including phenoxy) is 2. The topological polar surface area (TPSA) is 30.5 Å². The summed E-state index contributed by atoms with van der Waals surface area (Å²) in [6, 6.07) is 7.91. The van der Waals surface area contributed by atoms with Crippen molar-refractivity contribution in [1.29, 1.82) is 0 Å². The van der Waals surface area contributed by atoms with E-state index in [0.717, 1.165) is 24.6 Å². The summed E-state index contributed by atoms with van der Waals surface area (Å²) >= 11 is 0. The molecule has 0 spiro atoms. The van der Waals surface area contributed by atoms with Crippen LogP contribution in [0.2, 0.25) is 0 Å². The van der Waals surface area contributed by atoms with Crippen LogP contribution in [-0.2, 0) is 0 Å². The molecule has 2 atom stereocenters. The van der Waals surface area contributed by atoms with Crippen LogP contribution in [0, 0.1) is 5.92 Å². The number of rotatable bonds is 1. The van der Waals surface area contributed by atoms with Crippen LogP contribution in [0.1, 0.15) is 12.8 Å². The van der Waals surface area contributed by atoms with E-state index in [-0.39, 0.29) is 6.10 Å². The second kappa shape index (κ2) is 4.34. The van der Waals surface area contributed by atoms with Crippen molar-refractivity contribution in [3.05, 3.63) is 24.3 Å². The molecule has 1 aromatic rings. The Morgan fingerprint density at radius 2 is 2.06 bits per heavy atom. The number of fused-ring (bicyclic) bond motifs is 1. The molecule has 0 amide bonds. The van der Waals surface area contributed by atoms with Crippen molar-refractivity contribution in [2.75, 3.05) is 19.7 Å². The van der Waals surface area contributed by atoms with Crippen molar-refractivity contribution >= 4 is 0 Å². The normalized spacial score (nSPS) is 28.8. The molecule has 1 N–H and O–H groups in total. The highest BCUT2D eigenvalue weighted by Gasteiger charge is 2.29. The summed E-state index contributed by atoms with van der Waals surface area (Å²) in [6.07, 6.45) is 2.69. The first-order valence-electron chi connectivity index (χ1n) is 6.03. The first-order valence-corrected chi connectivity index (χ1v) is 6.03. The maximum atomic E-state index is 6.01. The second-order valence-corrected chi connectivity index (χ2v) is 4.52. The minimum atomic E-state index is 0.211. The standard InChI is InChI=1S/C13H17NO2/c1-2-6-12-11(5-1)15-9-13(16-12)10-4-3-7-14-8-10/h1-2,5-6,10,13-14H,3-4,7-9H2. The monoisotopic (exact) mass is 219 g/mol. The van der Waals surface area contributed by atoms with E-state index in [2.05, 4.69) is 5.32 Å². The van der Waals surface area contributed by atoms with Gasteiger partial charge in [-0.05, 0) is 31.5 Å². The maximum absolute atomic E-state index is 6.01. The van der Waals surface area contributed by atoms with Crippen LogP contribution in [-0.4, -0.2) is 25.8 Å². The zero-order valence-corrected chi connectivity index (χ0v) is 9.32. The van der Waals surface area contributed by atoms with Gasteiger partial charge in [0.1, 0.15) is 12.7 Å². The minimum Gasteiger partial charge on any atom is -0.486 e. The average Bonchev–Trinajstić information content (AvgIpc) is 2.39. The van der Waals surface area contributed by atoms with Crippen molar-refractivity contribution in [2.24, 2.45) is 5.92 Å². The molecule has 0 aliphatic carbocycles. The molecule has 86 valence electrons. The lowest BCUT2D eigenvalue weighted by Gasteiger charge is -2.34. The highest BCUT2D eigenvalue weighted by molar-refractivity contribution is 5.40. The summed E-state index contributed by atoms with van der Waals surface area (Å²) in [4.78, 5) is 0. The number of nitrogens with one attached hydrogen (secondary N) is 1. The number of hydrogen-bond donors (Lipinski definition) is 1. The van der Waals surface area contributed by atoms with Crippen molar-refractivity contribution in [1.82, 2.24) is 5.32 Å². The Hall–Kier alpha value is -1.22. The van der Waals surface area contributed by atoms with E-state index in [1.165, 1.54) is 12.8 Å². The quantitative estimate of drug-likeness (QED) is 0.781. The third-order valence-corrected chi connectivity index (χ3v) is 3.39. The summed E-state index contributed by atoms with van der Waals surface area (Å²) in [6.45, 7) is 2.88. The predicted molar refractivity (Wildman–Crippen MR) is 61.9 cm³/mol. The molecular weight excluding hydrogens is 202 g/mol. The lowest BCUT2D eigenvalue weighted by Crippen LogP contribution is -2.43. The zero-order chi connectivity index (χ0) is 10.8. The lowest BCUT2D eigenvalue weighted by atomic mass is 9.93. The van der Waals surface area contributed by atoms with Crippen molar-refractivity contribution in [3.8, 4) is 11.5 Å². The smallest absolute Gasteiger partial charge is 0.161 e. The lowest BCUT2D eigenvalue weighted by molar-refractivity contribution is 0.0389. The minimum absolute atomic E-state index is 0.211. The van der Waals surface area contributed by atoms with Gasteiger partial charge in [0.25, 0.3) is 0 Å². The SMILES string of the molecule is c1ccc2c(c1)OCC(C1CCCNC1)O2. The molecule has 0 bridgehead atoms. The zero-order valence-electron chi connectivity index (χ0n) is 9.32. The summed E-state index contributed by atoms with van der Waals surface area (Å²) < 4.78 is 11.7. The van der Waals surface area contributed by atoms with Gasteiger partial charge in [-0.25, -0.2) is 0 Å². The van der Waals surface area contributed by atoms with Crippen LogP contribution < -0.4 is 14.8 Å². The van der Waals surface area contributed by atoms with Crippen molar-refractivity contribution in [2.45, 2.75) is 18.9 Å². The van der Waals surface area contributed by atoms with E-state index >= 15 is 0 Å². The van der Waals surface area contributed by atoms with Gasteiger partial charge >= 0.3 is 0 Å². The number of para-hydroxylation sites is 2. The van der Waals surface area contributed by atoms with E-state index < -0.39 is 0 Å². The van der Waals surface area contributed by atoms with Crippen LogP contribution >= 0.6 is 0 Å². The molecule has 3 nitrogen and oxygen atoms in total. The second-order valence-electron chi connectivity index (χ2n) is 4.52. The predicted octanol–water partition coefficient (Wildman–Crippen LogP) is 1.83. The van der Waals surface area contributed by atoms with E-state index in [1.807, 2.05) is 24.3 Å². The summed E-state index contributed by atoms with van der Waals surface area (Å²) in [5, 5.41) is 3.42. The van der Waals surface area contributed by atoms with Gasteiger partial charge in [-0.15, -0.1) is 0 Å². The molecule has 16 heavy (non-hydrogen) atoms. The Labute approximate surface area is 95.8 Å². The molecule has 1 fully saturated rings. The fourth-order valence-electron chi connectivity index (χ4n) is 2.46. The van der Waals surface area contributed by atoms with Crippen LogP contribution in [0.15, 0.2) is 24.3 Å². The van der Waals surface area contributed by atoms with Crippen LogP contribution in [0.3, 0.4) is 0 Å². The van der Waals surface area contributed by atoms with Crippen LogP contribution in [0.25, 0.3) is 0 Å². The number of benzene rings is 1. The van der Waals surface area contributed by atoms with Crippen LogP contribution in [0.4, 0.5) is 0 Å². The Morgan fingerprint density at radius 1 is 1.19 bits per heavy atom. The highest BCUT2D eigenvalue weighted by Crippen LogP contribution is 2.33.